The lowest BCUT2D eigenvalue weighted by molar-refractivity contribution is 0.0726. The normalized spacial score (nSPS) is 17.2. The Balaban J connectivity index is 1.51. The van der Waals surface area contributed by atoms with Gasteiger partial charge in [0.15, 0.2) is 0 Å². The van der Waals surface area contributed by atoms with Crippen LogP contribution in [0.5, 0.6) is 0 Å². The second-order valence-corrected chi connectivity index (χ2v) is 7.83. The minimum absolute atomic E-state index is 0.122. The van der Waals surface area contributed by atoms with Gasteiger partial charge in [0.25, 0.3) is 5.91 Å². The van der Waals surface area contributed by atoms with E-state index in [2.05, 4.69) is 41.4 Å². The fourth-order valence-electron chi connectivity index (χ4n) is 3.43. The third-order valence-electron chi connectivity index (χ3n) is 4.66. The topological polar surface area (TPSA) is 49.0 Å². The van der Waals surface area contributed by atoms with E-state index in [0.29, 0.717) is 12.5 Å². The molecular formula is C20H21N3OS. The third kappa shape index (κ3) is 3.51. The average Bonchev–Trinajstić information content (AvgIpc) is 3.21. The Kier molecular flexibility index (Phi) is 4.40. The quantitative estimate of drug-likeness (QED) is 0.778. The minimum atomic E-state index is 0.122. The lowest BCUT2D eigenvalue weighted by atomic mass is 10.1. The molecule has 0 spiro atoms. The van der Waals surface area contributed by atoms with Crippen molar-refractivity contribution < 1.29 is 4.79 Å². The molecule has 0 saturated carbocycles. The summed E-state index contributed by atoms with van der Waals surface area (Å²) in [4.78, 5) is 16.2. The Labute approximate surface area is 151 Å². The van der Waals surface area contributed by atoms with Crippen LogP contribution < -0.4 is 0 Å². The third-order valence-corrected chi connectivity index (χ3v) is 5.60. The Morgan fingerprint density at radius 1 is 1.36 bits per heavy atom. The number of carbonyl (C=O) groups excluding carboxylic acids is 1. The summed E-state index contributed by atoms with van der Waals surface area (Å²) in [6, 6.07) is 12.4. The first-order chi connectivity index (χ1) is 12.2. The van der Waals surface area contributed by atoms with Crippen molar-refractivity contribution in [1.29, 1.82) is 0 Å². The van der Waals surface area contributed by atoms with Crippen LogP contribution in [0.1, 0.15) is 39.0 Å². The maximum atomic E-state index is 13.0. The molecule has 0 bridgehead atoms. The molecule has 2 aromatic heterocycles. The Morgan fingerprint density at radius 3 is 3.04 bits per heavy atom. The van der Waals surface area contributed by atoms with Crippen molar-refractivity contribution in [2.24, 2.45) is 5.92 Å². The van der Waals surface area contributed by atoms with Crippen molar-refractivity contribution >= 4 is 17.2 Å². The van der Waals surface area contributed by atoms with Gasteiger partial charge < -0.3 is 4.90 Å². The Morgan fingerprint density at radius 2 is 2.20 bits per heavy atom. The van der Waals surface area contributed by atoms with Crippen molar-refractivity contribution in [3.8, 4) is 0 Å². The minimum Gasteiger partial charge on any atom is -0.334 e. The van der Waals surface area contributed by atoms with Crippen LogP contribution >= 0.6 is 11.3 Å². The number of nitrogens with one attached hydrogen (secondary N) is 1. The summed E-state index contributed by atoms with van der Waals surface area (Å²) in [5, 5.41) is 9.20. The highest BCUT2D eigenvalue weighted by Gasteiger charge is 2.25. The zero-order valence-electron chi connectivity index (χ0n) is 14.2. The van der Waals surface area contributed by atoms with E-state index >= 15 is 0 Å². The van der Waals surface area contributed by atoms with Gasteiger partial charge in [-0.1, -0.05) is 37.3 Å². The lowest BCUT2D eigenvalue weighted by Crippen LogP contribution is -2.33. The summed E-state index contributed by atoms with van der Waals surface area (Å²) < 4.78 is 0. The molecule has 1 N–H and O–H groups in total. The number of carbonyl (C=O) groups is 1. The second kappa shape index (κ2) is 6.84. The summed E-state index contributed by atoms with van der Waals surface area (Å²) in [7, 11) is 0. The van der Waals surface area contributed by atoms with Gasteiger partial charge in [-0.3, -0.25) is 9.89 Å². The number of amides is 1. The number of hydrogen-bond donors (Lipinski definition) is 1. The maximum Gasteiger partial charge on any atom is 0.255 e. The van der Waals surface area contributed by atoms with Crippen molar-refractivity contribution in [2.45, 2.75) is 26.3 Å². The van der Waals surface area contributed by atoms with Gasteiger partial charge in [0, 0.05) is 41.0 Å². The van der Waals surface area contributed by atoms with E-state index in [1.54, 1.807) is 11.3 Å². The van der Waals surface area contributed by atoms with Crippen LogP contribution in [0.15, 0.2) is 48.0 Å². The number of H-pyrrole nitrogens is 1. The van der Waals surface area contributed by atoms with Crippen LogP contribution in [0.3, 0.4) is 0 Å². The highest BCUT2D eigenvalue weighted by molar-refractivity contribution is 7.10. The molecule has 1 aromatic carbocycles. The second-order valence-electron chi connectivity index (χ2n) is 6.83. The van der Waals surface area contributed by atoms with Crippen LogP contribution in [0.2, 0.25) is 0 Å². The number of aromatic nitrogens is 2. The molecule has 1 unspecified atom stereocenters. The highest BCUT2D eigenvalue weighted by atomic mass is 32.1. The smallest absolute Gasteiger partial charge is 0.255 e. The molecule has 0 saturated heterocycles. The molecule has 0 aliphatic carbocycles. The molecule has 1 atom stereocenters. The standard InChI is InChI=1S/C20H21N3OS/c1-14-7-19-17(10-21-22-19)12-23(11-14)20(24)16-9-18(25-13-16)8-15-5-3-2-4-6-15/h2-6,9-10,13-14H,7-8,11-12H2,1H3,(H,21,22). The predicted molar refractivity (Wildman–Crippen MR) is 99.8 cm³/mol. The molecule has 3 heterocycles. The molecule has 4 rings (SSSR count). The van der Waals surface area contributed by atoms with Crippen LogP contribution in [0, 0.1) is 5.92 Å². The molecule has 0 radical (unpaired) electrons. The van der Waals surface area contributed by atoms with Crippen molar-refractivity contribution in [3.05, 3.63) is 75.2 Å². The molecule has 128 valence electrons. The Hall–Kier alpha value is -2.40. The van der Waals surface area contributed by atoms with E-state index in [4.69, 9.17) is 0 Å². The number of rotatable bonds is 3. The average molecular weight is 351 g/mol. The van der Waals surface area contributed by atoms with Gasteiger partial charge in [0.05, 0.1) is 11.8 Å². The number of nitrogens with zero attached hydrogens (tertiary/aromatic N) is 2. The molecule has 4 nitrogen and oxygen atoms in total. The zero-order valence-corrected chi connectivity index (χ0v) is 15.1. The fourth-order valence-corrected chi connectivity index (χ4v) is 4.32. The molecule has 1 amide bonds. The van der Waals surface area contributed by atoms with Crippen molar-refractivity contribution in [2.75, 3.05) is 6.54 Å². The molecule has 3 aromatic rings. The molecule has 1 aliphatic rings. The van der Waals surface area contributed by atoms with Gasteiger partial charge in [0.1, 0.15) is 0 Å². The van der Waals surface area contributed by atoms with E-state index in [0.717, 1.165) is 36.2 Å². The van der Waals surface area contributed by atoms with Crippen LogP contribution in [-0.2, 0) is 19.4 Å². The fraction of sp³-hybridized carbons (Fsp3) is 0.300. The molecule has 5 heteroatoms. The summed E-state index contributed by atoms with van der Waals surface area (Å²) >= 11 is 1.66. The molecule has 1 aliphatic heterocycles. The van der Waals surface area contributed by atoms with E-state index in [9.17, 15) is 4.79 Å². The van der Waals surface area contributed by atoms with Gasteiger partial charge in [-0.2, -0.15) is 5.10 Å². The summed E-state index contributed by atoms with van der Waals surface area (Å²) in [6.45, 7) is 3.61. The first-order valence-electron chi connectivity index (χ1n) is 8.61. The summed E-state index contributed by atoms with van der Waals surface area (Å²) in [6.07, 6.45) is 3.67. The number of aromatic amines is 1. The van der Waals surface area contributed by atoms with Gasteiger partial charge in [-0.15, -0.1) is 11.3 Å². The first kappa shape index (κ1) is 16.1. The van der Waals surface area contributed by atoms with Crippen molar-refractivity contribution in [3.63, 3.8) is 0 Å². The largest absolute Gasteiger partial charge is 0.334 e. The number of benzene rings is 1. The van der Waals surface area contributed by atoms with Gasteiger partial charge in [0.2, 0.25) is 0 Å². The van der Waals surface area contributed by atoms with Crippen LogP contribution in [-0.4, -0.2) is 27.5 Å². The Bertz CT molecular complexity index is 868. The summed E-state index contributed by atoms with van der Waals surface area (Å²) in [5.74, 6) is 0.546. The van der Waals surface area contributed by atoms with Crippen molar-refractivity contribution in [1.82, 2.24) is 15.1 Å². The zero-order chi connectivity index (χ0) is 17.2. The van der Waals surface area contributed by atoms with E-state index < -0.39 is 0 Å². The molecule has 25 heavy (non-hydrogen) atoms. The van der Waals surface area contributed by atoms with E-state index in [1.807, 2.05) is 28.6 Å². The maximum absolute atomic E-state index is 13.0. The summed E-state index contributed by atoms with van der Waals surface area (Å²) in [5.41, 5.74) is 4.38. The van der Waals surface area contributed by atoms with Gasteiger partial charge in [-0.05, 0) is 24.0 Å². The van der Waals surface area contributed by atoms with E-state index in [1.165, 1.54) is 10.4 Å². The highest BCUT2D eigenvalue weighted by Crippen LogP contribution is 2.24. The number of hydrogen-bond acceptors (Lipinski definition) is 3. The van der Waals surface area contributed by atoms with E-state index in [-0.39, 0.29) is 5.91 Å². The number of thiophene rings is 1. The lowest BCUT2D eigenvalue weighted by Gasteiger charge is -2.22. The predicted octanol–water partition coefficient (Wildman–Crippen LogP) is 3.90. The number of fused-ring (bicyclic) bond motifs is 1. The molecule has 0 fully saturated rings. The van der Waals surface area contributed by atoms with Gasteiger partial charge >= 0.3 is 0 Å². The first-order valence-corrected chi connectivity index (χ1v) is 9.48. The molecular weight excluding hydrogens is 330 g/mol. The monoisotopic (exact) mass is 351 g/mol. The van der Waals surface area contributed by atoms with Crippen LogP contribution in [0.25, 0.3) is 0 Å². The van der Waals surface area contributed by atoms with Gasteiger partial charge in [-0.25, -0.2) is 0 Å². The van der Waals surface area contributed by atoms with Crippen LogP contribution in [0.4, 0.5) is 0 Å². The SMILES string of the molecule is CC1Cc2[nH]ncc2CN(C(=O)c2csc(Cc3ccccc3)c2)C1.